The van der Waals surface area contributed by atoms with E-state index in [4.69, 9.17) is 9.16 Å². The van der Waals surface area contributed by atoms with Gasteiger partial charge in [0.05, 0.1) is 0 Å². The minimum Gasteiger partial charge on any atom is -0.420 e. The number of benzene rings is 1. The third kappa shape index (κ3) is 7.03. The summed E-state index contributed by atoms with van der Waals surface area (Å²) >= 11 is 0. The van der Waals surface area contributed by atoms with E-state index in [1.807, 2.05) is 6.08 Å². The lowest BCUT2D eigenvalue weighted by atomic mass is 10.1. The van der Waals surface area contributed by atoms with Gasteiger partial charge >= 0.3 is 0 Å². The van der Waals surface area contributed by atoms with Gasteiger partial charge in [0.2, 0.25) is 0 Å². The van der Waals surface area contributed by atoms with Gasteiger partial charge in [0, 0.05) is 20.3 Å². The molecular weight excluding hydrogens is 264 g/mol. The summed E-state index contributed by atoms with van der Waals surface area (Å²) in [5.74, 6) is 0. The second-order valence-corrected chi connectivity index (χ2v) is 7.84. The van der Waals surface area contributed by atoms with Crippen molar-refractivity contribution in [3.8, 4) is 0 Å². The highest BCUT2D eigenvalue weighted by Crippen LogP contribution is 2.09. The van der Waals surface area contributed by atoms with Crippen molar-refractivity contribution in [2.75, 3.05) is 20.3 Å². The zero-order valence-corrected chi connectivity index (χ0v) is 14.1. The molecule has 0 amide bonds. The summed E-state index contributed by atoms with van der Waals surface area (Å²) < 4.78 is 11.3. The Kier molecular flexibility index (Phi) is 9.29. The molecule has 0 spiro atoms. The standard InChI is InChI=1S/C17H28O2Si/c1-4-14-20(15-13-18-3)19-12-6-7-17-10-8-16(5-2)9-11-17/h5,8-11,20H,2,4,6-7,12-15H2,1,3H3. The summed E-state index contributed by atoms with van der Waals surface area (Å²) in [7, 11) is 0.740. The fourth-order valence-electron chi connectivity index (χ4n) is 2.23. The quantitative estimate of drug-likeness (QED) is 0.452. The van der Waals surface area contributed by atoms with E-state index < -0.39 is 9.04 Å². The van der Waals surface area contributed by atoms with Crippen LogP contribution in [0.15, 0.2) is 30.8 Å². The Bertz CT molecular complexity index is 362. The van der Waals surface area contributed by atoms with Gasteiger partial charge in [-0.25, -0.2) is 0 Å². The zero-order valence-electron chi connectivity index (χ0n) is 12.9. The molecule has 0 bridgehead atoms. The molecule has 112 valence electrons. The van der Waals surface area contributed by atoms with Crippen LogP contribution in [-0.2, 0) is 15.6 Å². The van der Waals surface area contributed by atoms with E-state index in [0.717, 1.165) is 32.1 Å². The van der Waals surface area contributed by atoms with Crippen LogP contribution >= 0.6 is 0 Å². The fourth-order valence-corrected chi connectivity index (χ4v) is 4.49. The van der Waals surface area contributed by atoms with Crippen molar-refractivity contribution >= 4 is 15.1 Å². The molecule has 0 saturated heterocycles. The van der Waals surface area contributed by atoms with Crippen LogP contribution in [-0.4, -0.2) is 29.4 Å². The molecule has 0 aliphatic rings. The predicted molar refractivity (Wildman–Crippen MR) is 89.7 cm³/mol. The first kappa shape index (κ1) is 17.1. The summed E-state index contributed by atoms with van der Waals surface area (Å²) in [6.07, 6.45) is 5.30. The van der Waals surface area contributed by atoms with Crippen LogP contribution in [0.25, 0.3) is 6.08 Å². The lowest BCUT2D eigenvalue weighted by Crippen LogP contribution is -2.20. The van der Waals surface area contributed by atoms with Crippen molar-refractivity contribution in [3.63, 3.8) is 0 Å². The van der Waals surface area contributed by atoms with Crippen molar-refractivity contribution in [3.05, 3.63) is 42.0 Å². The number of methoxy groups -OCH3 is 1. The van der Waals surface area contributed by atoms with Crippen LogP contribution in [0, 0.1) is 0 Å². The van der Waals surface area contributed by atoms with E-state index in [1.165, 1.54) is 23.6 Å². The summed E-state index contributed by atoms with van der Waals surface area (Å²) in [6, 6.07) is 11.0. The maximum Gasteiger partial charge on any atom is 0.179 e. The van der Waals surface area contributed by atoms with Crippen LogP contribution in [0.2, 0.25) is 12.1 Å². The van der Waals surface area contributed by atoms with Crippen LogP contribution in [0.4, 0.5) is 0 Å². The second-order valence-electron chi connectivity index (χ2n) is 5.11. The number of hydrogen-bond acceptors (Lipinski definition) is 2. The molecule has 0 N–H and O–H groups in total. The van der Waals surface area contributed by atoms with Gasteiger partial charge in [-0.2, -0.15) is 0 Å². The molecule has 1 aromatic rings. The van der Waals surface area contributed by atoms with Crippen LogP contribution in [0.5, 0.6) is 0 Å². The van der Waals surface area contributed by atoms with Gasteiger partial charge in [0.15, 0.2) is 9.04 Å². The van der Waals surface area contributed by atoms with Gasteiger partial charge in [0.25, 0.3) is 0 Å². The van der Waals surface area contributed by atoms with E-state index in [2.05, 4.69) is 37.8 Å². The summed E-state index contributed by atoms with van der Waals surface area (Å²) in [4.78, 5) is 0. The van der Waals surface area contributed by atoms with Crippen LogP contribution in [0.1, 0.15) is 30.9 Å². The highest BCUT2D eigenvalue weighted by Gasteiger charge is 2.10. The molecule has 0 aromatic heterocycles. The average Bonchev–Trinajstić information content (AvgIpc) is 2.49. The van der Waals surface area contributed by atoms with Crippen molar-refractivity contribution < 1.29 is 9.16 Å². The molecule has 1 rings (SSSR count). The number of rotatable bonds is 11. The summed E-state index contributed by atoms with van der Waals surface area (Å²) in [6.45, 7) is 7.74. The van der Waals surface area contributed by atoms with E-state index in [1.54, 1.807) is 7.11 Å². The van der Waals surface area contributed by atoms with Crippen LogP contribution in [0.3, 0.4) is 0 Å². The Hall–Kier alpha value is -0.903. The maximum absolute atomic E-state index is 6.09. The first-order chi connectivity index (χ1) is 9.80. The zero-order chi connectivity index (χ0) is 14.6. The highest BCUT2D eigenvalue weighted by atomic mass is 28.3. The lowest BCUT2D eigenvalue weighted by Gasteiger charge is -2.15. The van der Waals surface area contributed by atoms with Crippen molar-refractivity contribution in [1.29, 1.82) is 0 Å². The van der Waals surface area contributed by atoms with Gasteiger partial charge in [-0.1, -0.05) is 50.3 Å². The molecule has 1 aromatic carbocycles. The van der Waals surface area contributed by atoms with E-state index in [9.17, 15) is 0 Å². The Balaban J connectivity index is 2.22. The number of ether oxygens (including phenoxy) is 1. The number of hydrogen-bond donors (Lipinski definition) is 0. The summed E-state index contributed by atoms with van der Waals surface area (Å²) in [5, 5.41) is 0. The third-order valence-corrected chi connectivity index (χ3v) is 6.24. The lowest BCUT2D eigenvalue weighted by molar-refractivity contribution is 0.208. The topological polar surface area (TPSA) is 18.5 Å². The minimum atomic E-state index is -1.03. The molecule has 2 nitrogen and oxygen atoms in total. The monoisotopic (exact) mass is 292 g/mol. The van der Waals surface area contributed by atoms with E-state index in [0.29, 0.717) is 0 Å². The summed E-state index contributed by atoms with van der Waals surface area (Å²) in [5.41, 5.74) is 2.56. The maximum atomic E-state index is 6.09. The Morgan fingerprint density at radius 1 is 1.15 bits per heavy atom. The molecule has 0 fully saturated rings. The molecule has 0 heterocycles. The van der Waals surface area contributed by atoms with Crippen molar-refractivity contribution in [2.24, 2.45) is 0 Å². The molecule has 0 aliphatic heterocycles. The largest absolute Gasteiger partial charge is 0.420 e. The molecule has 1 unspecified atom stereocenters. The van der Waals surface area contributed by atoms with Gasteiger partial charge in [-0.3, -0.25) is 0 Å². The molecule has 1 atom stereocenters. The Morgan fingerprint density at radius 2 is 1.90 bits per heavy atom. The first-order valence-electron chi connectivity index (χ1n) is 7.62. The minimum absolute atomic E-state index is 0.847. The van der Waals surface area contributed by atoms with Gasteiger partial charge in [-0.05, 0) is 36.1 Å². The van der Waals surface area contributed by atoms with Gasteiger partial charge < -0.3 is 9.16 Å². The van der Waals surface area contributed by atoms with Crippen LogP contribution < -0.4 is 0 Å². The SMILES string of the molecule is C=Cc1ccc(CCCO[SiH](CCC)CCOC)cc1. The predicted octanol–water partition coefficient (Wildman–Crippen LogP) is 4.06. The van der Waals surface area contributed by atoms with Gasteiger partial charge in [-0.15, -0.1) is 0 Å². The normalized spacial score (nSPS) is 12.3. The average molecular weight is 292 g/mol. The van der Waals surface area contributed by atoms with E-state index in [-0.39, 0.29) is 0 Å². The Labute approximate surface area is 125 Å². The molecule has 20 heavy (non-hydrogen) atoms. The van der Waals surface area contributed by atoms with Crippen molar-refractivity contribution in [2.45, 2.75) is 38.3 Å². The molecule has 0 radical (unpaired) electrons. The molecule has 0 aliphatic carbocycles. The second kappa shape index (κ2) is 10.8. The molecular formula is C17H28O2Si. The van der Waals surface area contributed by atoms with Crippen molar-refractivity contribution in [1.82, 2.24) is 0 Å². The fraction of sp³-hybridized carbons (Fsp3) is 0.529. The first-order valence-corrected chi connectivity index (χ1v) is 9.72. The number of aryl methyl sites for hydroxylation is 1. The van der Waals surface area contributed by atoms with Gasteiger partial charge in [0.1, 0.15) is 0 Å². The molecule has 0 saturated carbocycles. The molecule has 3 heteroatoms. The third-order valence-electron chi connectivity index (χ3n) is 3.43. The Morgan fingerprint density at radius 3 is 2.50 bits per heavy atom. The highest BCUT2D eigenvalue weighted by molar-refractivity contribution is 6.51. The smallest absolute Gasteiger partial charge is 0.179 e. The van der Waals surface area contributed by atoms with E-state index >= 15 is 0 Å².